The normalized spacial score (nSPS) is 11.9. The molecular weight excluding hydrogens is 352 g/mol. The summed E-state index contributed by atoms with van der Waals surface area (Å²) in [6.45, 7) is 2.31. The van der Waals surface area contributed by atoms with Crippen molar-refractivity contribution in [1.82, 2.24) is 5.32 Å². The first kappa shape index (κ1) is 19.7. The van der Waals surface area contributed by atoms with E-state index >= 15 is 0 Å². The lowest BCUT2D eigenvalue weighted by molar-refractivity contribution is -0.116. The number of hydrogen-bond donors (Lipinski definition) is 2. The molecule has 6 nitrogen and oxygen atoms in total. The number of nitrogens with two attached hydrogens (primary N) is 1. The van der Waals surface area contributed by atoms with E-state index in [0.717, 1.165) is 22.4 Å². The number of carbonyl (C=O) groups is 1. The van der Waals surface area contributed by atoms with Crippen molar-refractivity contribution in [3.8, 4) is 5.75 Å². The van der Waals surface area contributed by atoms with Crippen LogP contribution < -0.4 is 15.2 Å². The summed E-state index contributed by atoms with van der Waals surface area (Å²) in [7, 11) is -2.08. The van der Waals surface area contributed by atoms with Crippen molar-refractivity contribution < 1.29 is 17.9 Å². The van der Waals surface area contributed by atoms with Crippen LogP contribution in [0, 0.1) is 0 Å². The smallest absolute Gasteiger partial charge is 0.244 e. The van der Waals surface area contributed by atoms with Crippen LogP contribution in [0.4, 0.5) is 0 Å². The van der Waals surface area contributed by atoms with E-state index in [9.17, 15) is 13.2 Å². The molecule has 0 aromatic heterocycles. The molecule has 0 aliphatic heterocycles. The molecule has 26 heavy (non-hydrogen) atoms. The number of rotatable bonds is 7. The van der Waals surface area contributed by atoms with Crippen LogP contribution in [-0.4, -0.2) is 28.0 Å². The molecule has 138 valence electrons. The van der Waals surface area contributed by atoms with Crippen molar-refractivity contribution in [2.45, 2.75) is 18.2 Å². The molecule has 2 rings (SSSR count). The third-order valence-corrected chi connectivity index (χ3v) is 4.79. The Kier molecular flexibility index (Phi) is 6.54. The molecular formula is C19H22N2O4S. The quantitative estimate of drug-likeness (QED) is 0.725. The lowest BCUT2D eigenvalue weighted by Gasteiger charge is -2.06. The molecule has 0 bridgehead atoms. The van der Waals surface area contributed by atoms with Crippen LogP contribution >= 0.6 is 0 Å². The number of methoxy groups -OCH3 is 1. The van der Waals surface area contributed by atoms with E-state index in [-0.39, 0.29) is 10.8 Å². The zero-order valence-electron chi connectivity index (χ0n) is 14.7. The molecule has 0 radical (unpaired) electrons. The first-order valence-corrected chi connectivity index (χ1v) is 9.56. The predicted molar refractivity (Wildman–Crippen MR) is 101 cm³/mol. The number of carbonyl (C=O) groups excluding carboxylic acids is 1. The van der Waals surface area contributed by atoms with Gasteiger partial charge in [0.1, 0.15) is 5.75 Å². The molecule has 1 amide bonds. The third-order valence-electron chi connectivity index (χ3n) is 3.86. The Bertz CT molecular complexity index is 886. The minimum atomic E-state index is -3.68. The average Bonchev–Trinajstić information content (AvgIpc) is 2.61. The summed E-state index contributed by atoms with van der Waals surface area (Å²) in [6.07, 6.45) is 2.14. The van der Waals surface area contributed by atoms with Gasteiger partial charge in [-0.2, -0.15) is 0 Å². The average molecular weight is 374 g/mol. The molecule has 0 fully saturated rings. The summed E-state index contributed by atoms with van der Waals surface area (Å²) in [5.41, 5.74) is 2.70. The molecule has 0 aliphatic rings. The van der Waals surface area contributed by atoms with Crippen molar-refractivity contribution >= 4 is 21.5 Å². The first-order chi connectivity index (χ1) is 12.3. The number of hydrogen-bond acceptors (Lipinski definition) is 4. The Morgan fingerprint density at radius 2 is 1.73 bits per heavy atom. The zero-order chi connectivity index (χ0) is 19.2. The largest absolute Gasteiger partial charge is 0.497 e. The standard InChI is InChI=1S/C19H22N2O4S/c1-14(16-5-7-17(25-2)8-6-16)13-19(22)21-12-11-15-3-9-18(10-4-15)26(20,23)24/h3-10,13H,11-12H2,1-2H3,(H,21,22)(H2,20,23,24)/b14-13+. The van der Waals surface area contributed by atoms with E-state index < -0.39 is 10.0 Å². The van der Waals surface area contributed by atoms with Gasteiger partial charge in [0.2, 0.25) is 15.9 Å². The number of benzene rings is 2. The van der Waals surface area contributed by atoms with Crippen LogP contribution in [0.2, 0.25) is 0 Å². The third kappa shape index (κ3) is 5.72. The van der Waals surface area contributed by atoms with E-state index in [4.69, 9.17) is 9.88 Å². The number of nitrogens with one attached hydrogen (secondary N) is 1. The molecule has 0 aliphatic carbocycles. The fraction of sp³-hybridized carbons (Fsp3) is 0.211. The van der Waals surface area contributed by atoms with Crippen molar-refractivity contribution in [2.75, 3.05) is 13.7 Å². The highest BCUT2D eigenvalue weighted by Crippen LogP contribution is 2.17. The number of allylic oxidation sites excluding steroid dienone is 1. The van der Waals surface area contributed by atoms with Crippen molar-refractivity contribution in [2.24, 2.45) is 5.14 Å². The monoisotopic (exact) mass is 374 g/mol. The minimum Gasteiger partial charge on any atom is -0.497 e. The summed E-state index contributed by atoms with van der Waals surface area (Å²) in [5.74, 6) is 0.582. The maximum Gasteiger partial charge on any atom is 0.244 e. The van der Waals surface area contributed by atoms with Crippen molar-refractivity contribution in [3.63, 3.8) is 0 Å². The molecule has 2 aromatic carbocycles. The summed E-state index contributed by atoms with van der Waals surface area (Å²) < 4.78 is 27.5. The van der Waals surface area contributed by atoms with Crippen LogP contribution in [0.15, 0.2) is 59.5 Å². The minimum absolute atomic E-state index is 0.0725. The molecule has 0 unspecified atom stereocenters. The summed E-state index contributed by atoms with van der Waals surface area (Å²) in [6, 6.07) is 13.8. The molecule has 7 heteroatoms. The predicted octanol–water partition coefficient (Wildman–Crippen LogP) is 2.10. The van der Waals surface area contributed by atoms with Gasteiger partial charge in [0, 0.05) is 12.6 Å². The van der Waals surface area contributed by atoms with Gasteiger partial charge in [-0.3, -0.25) is 4.79 Å². The Hall–Kier alpha value is -2.64. The van der Waals surface area contributed by atoms with E-state index in [1.807, 2.05) is 31.2 Å². The summed E-state index contributed by atoms with van der Waals surface area (Å²) >= 11 is 0. The Morgan fingerprint density at radius 1 is 1.12 bits per heavy atom. The molecule has 0 saturated carbocycles. The van der Waals surface area contributed by atoms with Crippen LogP contribution in [0.5, 0.6) is 5.75 Å². The molecule has 0 spiro atoms. The molecule has 0 saturated heterocycles. The zero-order valence-corrected chi connectivity index (χ0v) is 15.5. The van der Waals surface area contributed by atoms with Gasteiger partial charge < -0.3 is 10.1 Å². The highest BCUT2D eigenvalue weighted by Gasteiger charge is 2.07. The summed E-state index contributed by atoms with van der Waals surface area (Å²) in [4.78, 5) is 12.1. The van der Waals surface area contributed by atoms with Gasteiger partial charge in [0.25, 0.3) is 0 Å². The van der Waals surface area contributed by atoms with Gasteiger partial charge in [-0.15, -0.1) is 0 Å². The second-order valence-corrected chi connectivity index (χ2v) is 7.35. The van der Waals surface area contributed by atoms with Gasteiger partial charge in [-0.1, -0.05) is 24.3 Å². The highest BCUT2D eigenvalue weighted by molar-refractivity contribution is 7.89. The van der Waals surface area contributed by atoms with Crippen LogP contribution in [-0.2, 0) is 21.2 Å². The van der Waals surface area contributed by atoms with Crippen LogP contribution in [0.3, 0.4) is 0 Å². The van der Waals surface area contributed by atoms with Gasteiger partial charge >= 0.3 is 0 Å². The topological polar surface area (TPSA) is 98.5 Å². The Labute approximate surface area is 153 Å². The molecule has 2 aromatic rings. The second kappa shape index (κ2) is 8.64. The number of sulfonamides is 1. The van der Waals surface area contributed by atoms with Gasteiger partial charge in [-0.25, -0.2) is 13.6 Å². The summed E-state index contributed by atoms with van der Waals surface area (Å²) in [5, 5.41) is 7.88. The van der Waals surface area contributed by atoms with Crippen LogP contribution in [0.25, 0.3) is 5.57 Å². The van der Waals surface area contributed by atoms with E-state index in [1.165, 1.54) is 12.1 Å². The fourth-order valence-corrected chi connectivity index (χ4v) is 2.88. The van der Waals surface area contributed by atoms with Crippen LogP contribution in [0.1, 0.15) is 18.1 Å². The SMILES string of the molecule is COc1ccc(/C(C)=C/C(=O)NCCc2ccc(S(N)(=O)=O)cc2)cc1. The van der Waals surface area contributed by atoms with Gasteiger partial charge in [0.15, 0.2) is 0 Å². The lowest BCUT2D eigenvalue weighted by Crippen LogP contribution is -2.23. The number of amides is 1. The molecule has 0 atom stereocenters. The number of ether oxygens (including phenoxy) is 1. The number of primary sulfonamides is 1. The van der Waals surface area contributed by atoms with E-state index in [2.05, 4.69) is 5.32 Å². The fourth-order valence-electron chi connectivity index (χ4n) is 2.36. The van der Waals surface area contributed by atoms with Crippen molar-refractivity contribution in [1.29, 1.82) is 0 Å². The first-order valence-electron chi connectivity index (χ1n) is 8.02. The maximum atomic E-state index is 12.0. The van der Waals surface area contributed by atoms with Gasteiger partial charge in [0.05, 0.1) is 12.0 Å². The second-order valence-electron chi connectivity index (χ2n) is 5.79. The van der Waals surface area contributed by atoms with E-state index in [1.54, 1.807) is 25.3 Å². The van der Waals surface area contributed by atoms with E-state index in [0.29, 0.717) is 13.0 Å². The Balaban J connectivity index is 1.87. The lowest BCUT2D eigenvalue weighted by atomic mass is 10.1. The highest BCUT2D eigenvalue weighted by atomic mass is 32.2. The van der Waals surface area contributed by atoms with Crippen molar-refractivity contribution in [3.05, 3.63) is 65.7 Å². The maximum absolute atomic E-state index is 12.0. The van der Waals surface area contributed by atoms with Gasteiger partial charge in [-0.05, 0) is 54.3 Å². The molecule has 3 N–H and O–H groups in total. The Morgan fingerprint density at radius 3 is 2.27 bits per heavy atom. The molecule has 0 heterocycles.